The Morgan fingerprint density at radius 3 is 2.63 bits per heavy atom. The van der Waals surface area contributed by atoms with Crippen molar-refractivity contribution in [3.05, 3.63) is 47.2 Å². The molecule has 27 heavy (non-hydrogen) atoms. The molecule has 1 aliphatic heterocycles. The van der Waals surface area contributed by atoms with Crippen molar-refractivity contribution in [3.8, 4) is 0 Å². The normalized spacial score (nSPS) is 14.9. The maximum absolute atomic E-state index is 12.2. The number of hydrogen-bond acceptors (Lipinski definition) is 6. The van der Waals surface area contributed by atoms with Gasteiger partial charge in [0.15, 0.2) is 0 Å². The molecule has 0 atom stereocenters. The molecule has 1 aromatic carbocycles. The molecule has 1 aromatic heterocycles. The number of carbonyl (C=O) groups excluding carboxylic acids is 1. The highest BCUT2D eigenvalue weighted by Gasteiger charge is 2.18. The number of piperazine rings is 1. The number of nitrogens with two attached hydrogens (primary N) is 1. The molecule has 7 nitrogen and oxygen atoms in total. The number of nitrogen functional groups attached to an aromatic ring is 1. The molecular weight excluding hydrogens is 364 g/mol. The fourth-order valence-corrected chi connectivity index (χ4v) is 3.28. The molecule has 1 fully saturated rings. The summed E-state index contributed by atoms with van der Waals surface area (Å²) < 4.78 is 0. The first-order valence-corrected chi connectivity index (χ1v) is 9.59. The third-order valence-corrected chi connectivity index (χ3v) is 4.89. The van der Waals surface area contributed by atoms with Gasteiger partial charge in [-0.2, -0.15) is 0 Å². The second-order valence-corrected chi connectivity index (χ2v) is 7.01. The number of unbranched alkanes of at least 4 members (excludes halogenated alkanes) is 1. The molecule has 1 saturated heterocycles. The van der Waals surface area contributed by atoms with Gasteiger partial charge in [-0.05, 0) is 43.7 Å². The highest BCUT2D eigenvalue weighted by Crippen LogP contribution is 2.17. The summed E-state index contributed by atoms with van der Waals surface area (Å²) in [5, 5.41) is 3.42. The Balaban J connectivity index is 1.32. The summed E-state index contributed by atoms with van der Waals surface area (Å²) in [4.78, 5) is 25.4. The molecule has 2 aromatic rings. The zero-order chi connectivity index (χ0) is 19.1. The van der Waals surface area contributed by atoms with Crippen molar-refractivity contribution in [1.82, 2.24) is 20.2 Å². The van der Waals surface area contributed by atoms with Crippen LogP contribution < -0.4 is 16.0 Å². The number of nitrogens with zero attached hydrogens (tertiary/aromatic N) is 4. The molecule has 1 aliphatic rings. The minimum Gasteiger partial charge on any atom is -0.398 e. The topological polar surface area (TPSA) is 87.4 Å². The van der Waals surface area contributed by atoms with Gasteiger partial charge in [-0.3, -0.25) is 9.69 Å². The minimum atomic E-state index is -0.175. The van der Waals surface area contributed by atoms with E-state index in [-0.39, 0.29) is 5.91 Å². The third-order valence-electron chi connectivity index (χ3n) is 4.65. The van der Waals surface area contributed by atoms with E-state index in [0.29, 0.717) is 22.8 Å². The zero-order valence-corrected chi connectivity index (χ0v) is 16.0. The Morgan fingerprint density at radius 2 is 1.89 bits per heavy atom. The van der Waals surface area contributed by atoms with Gasteiger partial charge in [0.05, 0.1) is 5.56 Å². The van der Waals surface area contributed by atoms with Crippen LogP contribution in [0.1, 0.15) is 23.2 Å². The molecule has 3 N–H and O–H groups in total. The number of carbonyl (C=O) groups is 1. The number of benzene rings is 1. The summed E-state index contributed by atoms with van der Waals surface area (Å²) >= 11 is 5.93. The fraction of sp³-hybridized carbons (Fsp3) is 0.421. The highest BCUT2D eigenvalue weighted by atomic mass is 35.5. The Morgan fingerprint density at radius 1 is 1.15 bits per heavy atom. The largest absolute Gasteiger partial charge is 0.398 e. The van der Waals surface area contributed by atoms with E-state index in [1.807, 2.05) is 6.07 Å². The first kappa shape index (κ1) is 19.4. The SMILES string of the molecule is Nc1ccc(Cl)cc1C(=O)NCCCCN1CCN(c2ncccn2)CC1. The lowest BCUT2D eigenvalue weighted by Gasteiger charge is -2.34. The Labute approximate surface area is 164 Å². The Kier molecular flexibility index (Phi) is 6.84. The van der Waals surface area contributed by atoms with Crippen LogP contribution >= 0.6 is 11.6 Å². The average Bonchev–Trinajstić information content (AvgIpc) is 2.70. The molecule has 0 saturated carbocycles. The second kappa shape index (κ2) is 9.53. The first-order chi connectivity index (χ1) is 13.1. The Hall–Kier alpha value is -2.38. The van der Waals surface area contributed by atoms with E-state index in [2.05, 4.69) is 25.1 Å². The van der Waals surface area contributed by atoms with E-state index < -0.39 is 0 Å². The molecule has 0 unspecified atom stereocenters. The van der Waals surface area contributed by atoms with Gasteiger partial charge >= 0.3 is 0 Å². The van der Waals surface area contributed by atoms with Crippen LogP contribution in [-0.2, 0) is 0 Å². The minimum absolute atomic E-state index is 0.175. The van der Waals surface area contributed by atoms with Gasteiger partial charge < -0.3 is 16.0 Å². The van der Waals surface area contributed by atoms with Gasteiger partial charge in [-0.15, -0.1) is 0 Å². The van der Waals surface area contributed by atoms with Crippen LogP contribution in [0, 0.1) is 0 Å². The molecule has 0 radical (unpaired) electrons. The lowest BCUT2D eigenvalue weighted by Crippen LogP contribution is -2.47. The third kappa shape index (κ3) is 5.55. The maximum Gasteiger partial charge on any atom is 0.253 e. The molecule has 0 bridgehead atoms. The van der Waals surface area contributed by atoms with Crippen molar-refractivity contribution >= 4 is 29.1 Å². The molecule has 1 amide bonds. The summed E-state index contributed by atoms with van der Waals surface area (Å²) in [5.41, 5.74) is 6.71. The number of halogens is 1. The summed E-state index contributed by atoms with van der Waals surface area (Å²) in [5.74, 6) is 0.631. The van der Waals surface area contributed by atoms with Gasteiger partial charge in [-0.1, -0.05) is 11.6 Å². The monoisotopic (exact) mass is 388 g/mol. The van der Waals surface area contributed by atoms with Crippen LogP contribution in [0.25, 0.3) is 0 Å². The predicted octanol–water partition coefficient (Wildman–Crippen LogP) is 2.04. The number of anilines is 2. The van der Waals surface area contributed by atoms with E-state index in [1.54, 1.807) is 30.6 Å². The van der Waals surface area contributed by atoms with Gasteiger partial charge in [-0.25, -0.2) is 9.97 Å². The van der Waals surface area contributed by atoms with Gasteiger partial charge in [0, 0.05) is 55.8 Å². The summed E-state index contributed by atoms with van der Waals surface area (Å²) in [6, 6.07) is 6.76. The molecule has 0 spiro atoms. The van der Waals surface area contributed by atoms with E-state index >= 15 is 0 Å². The van der Waals surface area contributed by atoms with Gasteiger partial charge in [0.2, 0.25) is 5.95 Å². The number of nitrogens with one attached hydrogen (secondary N) is 1. The maximum atomic E-state index is 12.2. The molecule has 144 valence electrons. The van der Waals surface area contributed by atoms with Crippen LogP contribution in [0.5, 0.6) is 0 Å². The van der Waals surface area contributed by atoms with Gasteiger partial charge in [0.25, 0.3) is 5.91 Å². The second-order valence-electron chi connectivity index (χ2n) is 6.57. The van der Waals surface area contributed by atoms with Crippen molar-refractivity contribution in [1.29, 1.82) is 0 Å². The van der Waals surface area contributed by atoms with Gasteiger partial charge in [0.1, 0.15) is 0 Å². The highest BCUT2D eigenvalue weighted by molar-refractivity contribution is 6.31. The predicted molar refractivity (Wildman–Crippen MR) is 108 cm³/mol. The summed E-state index contributed by atoms with van der Waals surface area (Å²) in [6.07, 6.45) is 5.52. The molecular formula is C19H25ClN6O. The van der Waals surface area contributed by atoms with Crippen LogP contribution in [0.2, 0.25) is 5.02 Å². The van der Waals surface area contributed by atoms with Crippen LogP contribution in [0.3, 0.4) is 0 Å². The van der Waals surface area contributed by atoms with Crippen molar-refractivity contribution in [3.63, 3.8) is 0 Å². The van der Waals surface area contributed by atoms with E-state index in [1.165, 1.54) is 0 Å². The van der Waals surface area contributed by atoms with Crippen LogP contribution in [0.15, 0.2) is 36.7 Å². The Bertz CT molecular complexity index is 749. The number of hydrogen-bond donors (Lipinski definition) is 2. The van der Waals surface area contributed by atoms with E-state index in [4.69, 9.17) is 17.3 Å². The lowest BCUT2D eigenvalue weighted by molar-refractivity contribution is 0.0953. The van der Waals surface area contributed by atoms with E-state index in [9.17, 15) is 4.79 Å². The van der Waals surface area contributed by atoms with Crippen LogP contribution in [0.4, 0.5) is 11.6 Å². The van der Waals surface area contributed by atoms with Crippen LogP contribution in [-0.4, -0.2) is 60.0 Å². The average molecular weight is 389 g/mol. The molecule has 3 rings (SSSR count). The smallest absolute Gasteiger partial charge is 0.253 e. The van der Waals surface area contributed by atoms with Crippen molar-refractivity contribution < 1.29 is 4.79 Å². The molecule has 8 heteroatoms. The first-order valence-electron chi connectivity index (χ1n) is 9.21. The summed E-state index contributed by atoms with van der Waals surface area (Å²) in [7, 11) is 0. The molecule has 0 aliphatic carbocycles. The summed E-state index contributed by atoms with van der Waals surface area (Å²) in [6.45, 7) is 5.54. The number of amides is 1. The van der Waals surface area contributed by atoms with Crippen molar-refractivity contribution in [2.45, 2.75) is 12.8 Å². The van der Waals surface area contributed by atoms with Crippen molar-refractivity contribution in [2.75, 3.05) is 49.9 Å². The van der Waals surface area contributed by atoms with Crippen molar-refractivity contribution in [2.24, 2.45) is 0 Å². The number of aromatic nitrogens is 2. The fourth-order valence-electron chi connectivity index (χ4n) is 3.11. The number of rotatable bonds is 7. The standard InChI is InChI=1S/C19H25ClN6O/c20-15-4-5-17(21)16(14-15)18(27)22-6-1-2-9-25-10-12-26(13-11-25)19-23-7-3-8-24-19/h3-5,7-8,14H,1-2,6,9-13,21H2,(H,22,27). The van der Waals surface area contributed by atoms with E-state index in [0.717, 1.165) is 51.5 Å². The lowest BCUT2D eigenvalue weighted by atomic mass is 10.1. The molecule has 2 heterocycles. The quantitative estimate of drug-likeness (QED) is 0.557. The zero-order valence-electron chi connectivity index (χ0n) is 15.3.